The molecule has 20 heteroatoms. The molecule has 0 spiro atoms. The lowest BCUT2D eigenvalue weighted by atomic mass is 10.1. The first-order valence-electron chi connectivity index (χ1n) is 11.4. The van der Waals surface area contributed by atoms with E-state index in [1.165, 1.54) is 37.4 Å². The van der Waals surface area contributed by atoms with E-state index in [0.717, 1.165) is 0 Å². The standard InChI is InChI=1S/C21H19F3N5O6P.C2HF3O2/c1-35-16-7-11(10-36(32,33)34)5-6-14(16)27-20-25-8-13(21(22,23)24)18(28-20)26-15-4-2-3-12-9-29(31)19(30)17(12)15;3-2(4,5)1(6)7/h2-8,31H,9-10H2,1H3,(H2,32,33,34)(H2,25,26,27,28);(H,6,7). The summed E-state index contributed by atoms with van der Waals surface area (Å²) in [6.07, 6.45) is -9.87. The van der Waals surface area contributed by atoms with E-state index >= 15 is 0 Å². The van der Waals surface area contributed by atoms with Crippen LogP contribution in [0.4, 0.5) is 49.5 Å². The van der Waals surface area contributed by atoms with Gasteiger partial charge in [0.25, 0.3) is 5.91 Å². The van der Waals surface area contributed by atoms with Gasteiger partial charge in [-0.1, -0.05) is 18.2 Å². The van der Waals surface area contributed by atoms with Crippen LogP contribution in [0.5, 0.6) is 5.75 Å². The van der Waals surface area contributed by atoms with Gasteiger partial charge in [0.15, 0.2) is 0 Å². The largest absolute Gasteiger partial charge is 0.495 e. The number of hydrogen-bond donors (Lipinski definition) is 6. The summed E-state index contributed by atoms with van der Waals surface area (Å²) < 4.78 is 89.3. The van der Waals surface area contributed by atoms with E-state index in [1.807, 2.05) is 0 Å². The molecule has 6 N–H and O–H groups in total. The number of amides is 1. The molecule has 1 aromatic heterocycles. The van der Waals surface area contributed by atoms with Crippen LogP contribution >= 0.6 is 7.60 Å². The molecule has 1 amide bonds. The van der Waals surface area contributed by atoms with Crippen molar-refractivity contribution in [3.63, 3.8) is 0 Å². The van der Waals surface area contributed by atoms with Crippen molar-refractivity contribution in [1.29, 1.82) is 0 Å². The quantitative estimate of drug-likeness (QED) is 0.119. The molecule has 2 heterocycles. The molecule has 0 radical (unpaired) electrons. The van der Waals surface area contributed by atoms with Crippen LogP contribution < -0.4 is 15.4 Å². The second-order valence-electron chi connectivity index (χ2n) is 8.57. The molecule has 0 bridgehead atoms. The van der Waals surface area contributed by atoms with Gasteiger partial charge in [0.1, 0.15) is 17.1 Å². The fourth-order valence-corrected chi connectivity index (χ4v) is 4.29. The zero-order valence-corrected chi connectivity index (χ0v) is 22.3. The van der Waals surface area contributed by atoms with Gasteiger partial charge in [-0.25, -0.2) is 14.8 Å². The number of carboxylic acids is 1. The summed E-state index contributed by atoms with van der Waals surface area (Å²) in [5, 5.41) is 22.6. The number of aromatic nitrogens is 2. The van der Waals surface area contributed by atoms with Gasteiger partial charge >= 0.3 is 25.9 Å². The van der Waals surface area contributed by atoms with Gasteiger partial charge in [-0.2, -0.15) is 31.3 Å². The summed E-state index contributed by atoms with van der Waals surface area (Å²) >= 11 is 0. The third kappa shape index (κ3) is 8.54. The maximum Gasteiger partial charge on any atom is 0.490 e. The maximum atomic E-state index is 13.7. The average Bonchev–Trinajstić information content (AvgIpc) is 3.17. The molecule has 43 heavy (non-hydrogen) atoms. The Hall–Kier alpha value is -4.45. The summed E-state index contributed by atoms with van der Waals surface area (Å²) in [5.41, 5.74) is -0.229. The minimum absolute atomic E-state index is 0.0172. The molecule has 2 aromatic carbocycles. The smallest absolute Gasteiger partial charge is 0.490 e. The van der Waals surface area contributed by atoms with Crippen molar-refractivity contribution in [3.05, 3.63) is 64.8 Å². The number of ether oxygens (including phenoxy) is 1. The average molecular weight is 639 g/mol. The van der Waals surface area contributed by atoms with Crippen molar-refractivity contribution >= 4 is 42.6 Å². The third-order valence-electron chi connectivity index (χ3n) is 5.41. The van der Waals surface area contributed by atoms with E-state index in [2.05, 4.69) is 20.6 Å². The van der Waals surface area contributed by atoms with Crippen molar-refractivity contribution in [2.75, 3.05) is 17.7 Å². The highest BCUT2D eigenvalue weighted by molar-refractivity contribution is 7.50. The number of benzene rings is 2. The predicted molar refractivity (Wildman–Crippen MR) is 134 cm³/mol. The number of alkyl halides is 6. The van der Waals surface area contributed by atoms with Crippen molar-refractivity contribution < 1.29 is 65.3 Å². The molecule has 0 atom stereocenters. The van der Waals surface area contributed by atoms with Crippen LogP contribution in [-0.4, -0.2) is 60.3 Å². The zero-order chi connectivity index (χ0) is 32.3. The van der Waals surface area contributed by atoms with E-state index in [9.17, 15) is 50.7 Å². The van der Waals surface area contributed by atoms with Crippen LogP contribution in [-0.2, 0) is 28.2 Å². The monoisotopic (exact) mass is 639 g/mol. The molecular weight excluding hydrogens is 619 g/mol. The van der Waals surface area contributed by atoms with Gasteiger partial charge in [0.2, 0.25) is 5.95 Å². The third-order valence-corrected chi connectivity index (χ3v) is 6.19. The summed E-state index contributed by atoms with van der Waals surface area (Å²) in [6, 6.07) is 8.65. The minimum atomic E-state index is -5.08. The molecular formula is C23H20F6N5O8P. The number of halogens is 6. The zero-order valence-electron chi connectivity index (χ0n) is 21.4. The Kier molecular flexibility index (Phi) is 9.55. The van der Waals surface area contributed by atoms with Gasteiger partial charge in [0.05, 0.1) is 36.8 Å². The number of methoxy groups -OCH3 is 1. The number of nitrogens with zero attached hydrogens (tertiary/aromatic N) is 3. The highest BCUT2D eigenvalue weighted by Gasteiger charge is 2.38. The van der Waals surface area contributed by atoms with E-state index in [1.54, 1.807) is 6.07 Å². The van der Waals surface area contributed by atoms with Crippen molar-refractivity contribution in [3.8, 4) is 5.75 Å². The van der Waals surface area contributed by atoms with E-state index in [-0.39, 0.29) is 40.7 Å². The number of hydroxylamine groups is 2. The molecule has 0 unspecified atom stereocenters. The number of hydrogen-bond acceptors (Lipinski definition) is 9. The molecule has 1 aliphatic heterocycles. The lowest BCUT2D eigenvalue weighted by Gasteiger charge is -2.17. The molecule has 0 fully saturated rings. The summed E-state index contributed by atoms with van der Waals surface area (Å²) in [4.78, 5) is 47.2. The molecule has 13 nitrogen and oxygen atoms in total. The number of rotatable bonds is 7. The van der Waals surface area contributed by atoms with Crippen molar-refractivity contribution in [2.24, 2.45) is 0 Å². The summed E-state index contributed by atoms with van der Waals surface area (Å²) in [5.74, 6) is -4.28. The predicted octanol–water partition coefficient (Wildman–Crippen LogP) is 4.65. The van der Waals surface area contributed by atoms with E-state index < -0.39 is 49.4 Å². The first kappa shape index (κ1) is 33.1. The molecule has 3 aromatic rings. The number of aliphatic carboxylic acids is 1. The number of nitrogens with one attached hydrogen (secondary N) is 2. The molecule has 1 aliphatic rings. The number of carbonyl (C=O) groups is 2. The Bertz CT molecular complexity index is 1580. The van der Waals surface area contributed by atoms with Crippen LogP contribution in [0.25, 0.3) is 0 Å². The number of fused-ring (bicyclic) bond motifs is 1. The van der Waals surface area contributed by atoms with Gasteiger partial charge in [-0.05, 0) is 29.3 Å². The van der Waals surface area contributed by atoms with Gasteiger partial charge in [-0.3, -0.25) is 14.6 Å². The molecule has 232 valence electrons. The topological polar surface area (TPSA) is 194 Å². The minimum Gasteiger partial charge on any atom is -0.495 e. The highest BCUT2D eigenvalue weighted by atomic mass is 31.2. The fourth-order valence-electron chi connectivity index (χ4n) is 3.62. The number of anilines is 4. The fraction of sp³-hybridized carbons (Fsp3) is 0.217. The van der Waals surface area contributed by atoms with E-state index in [4.69, 9.17) is 14.6 Å². The van der Waals surface area contributed by atoms with Crippen LogP contribution in [0.1, 0.15) is 27.0 Å². The maximum absolute atomic E-state index is 13.7. The lowest BCUT2D eigenvalue weighted by Crippen LogP contribution is -2.21. The normalized spacial score (nSPS) is 13.2. The van der Waals surface area contributed by atoms with Crippen LogP contribution in [0.15, 0.2) is 42.6 Å². The van der Waals surface area contributed by atoms with Gasteiger partial charge in [0, 0.05) is 6.20 Å². The second-order valence-corrected chi connectivity index (χ2v) is 10.2. The highest BCUT2D eigenvalue weighted by Crippen LogP contribution is 2.41. The molecule has 4 rings (SSSR count). The van der Waals surface area contributed by atoms with Crippen LogP contribution in [0, 0.1) is 0 Å². The Morgan fingerprint density at radius 3 is 2.30 bits per heavy atom. The van der Waals surface area contributed by atoms with Gasteiger partial charge < -0.3 is 30.3 Å². The lowest BCUT2D eigenvalue weighted by molar-refractivity contribution is -0.192. The van der Waals surface area contributed by atoms with Crippen molar-refractivity contribution in [1.82, 2.24) is 15.0 Å². The number of carbonyl (C=O) groups excluding carboxylic acids is 1. The number of carboxylic acid groups (broad SMARTS) is 1. The SMILES string of the molecule is COc1cc(CP(=O)(O)O)ccc1Nc1ncc(C(F)(F)F)c(Nc2cccc3c2C(=O)N(O)C3)n1.O=C(O)C(F)(F)F. The first-order valence-corrected chi connectivity index (χ1v) is 13.2. The Morgan fingerprint density at radius 2 is 1.74 bits per heavy atom. The second kappa shape index (κ2) is 12.4. The van der Waals surface area contributed by atoms with Crippen molar-refractivity contribution in [2.45, 2.75) is 25.1 Å². The van der Waals surface area contributed by atoms with Crippen LogP contribution in [0.2, 0.25) is 0 Å². The molecule has 0 saturated carbocycles. The van der Waals surface area contributed by atoms with Crippen LogP contribution in [0.3, 0.4) is 0 Å². The molecule has 0 aliphatic carbocycles. The Balaban J connectivity index is 0.000000646. The van der Waals surface area contributed by atoms with E-state index in [0.29, 0.717) is 16.8 Å². The first-order chi connectivity index (χ1) is 19.8. The summed E-state index contributed by atoms with van der Waals surface area (Å²) in [7, 11) is -3.03. The Morgan fingerprint density at radius 1 is 1.09 bits per heavy atom. The van der Waals surface area contributed by atoms with Gasteiger partial charge in [-0.15, -0.1) is 0 Å². The molecule has 0 saturated heterocycles. The Labute approximate surface area is 236 Å². The summed E-state index contributed by atoms with van der Waals surface area (Å²) in [6.45, 7) is -0.107.